The fraction of sp³-hybridized carbons (Fsp3) is 0.0769. The Kier molecular flexibility index (Phi) is 4.17. The van der Waals surface area contributed by atoms with Crippen LogP contribution in [-0.4, -0.2) is 29.1 Å². The van der Waals surface area contributed by atoms with Gasteiger partial charge in [0.1, 0.15) is 11.4 Å². The molecular formula is C13H13N5O. The van der Waals surface area contributed by atoms with Crippen molar-refractivity contribution in [3.8, 4) is 5.75 Å². The lowest BCUT2D eigenvalue weighted by Gasteiger charge is -1.98. The maximum atomic E-state index is 5.72. The molecule has 2 rings (SSSR count). The predicted octanol–water partition coefficient (Wildman–Crippen LogP) is 1.22. The van der Waals surface area contributed by atoms with E-state index < -0.39 is 0 Å². The lowest BCUT2D eigenvalue weighted by atomic mass is 10.2. The molecule has 1 aromatic heterocycles. The van der Waals surface area contributed by atoms with E-state index >= 15 is 0 Å². The fourth-order valence-corrected chi connectivity index (χ4v) is 1.33. The van der Waals surface area contributed by atoms with Gasteiger partial charge >= 0.3 is 0 Å². The van der Waals surface area contributed by atoms with E-state index in [1.807, 2.05) is 24.3 Å². The van der Waals surface area contributed by atoms with Crippen LogP contribution < -0.4 is 10.5 Å². The van der Waals surface area contributed by atoms with Gasteiger partial charge in [-0.1, -0.05) is 0 Å². The van der Waals surface area contributed by atoms with Crippen LogP contribution in [0.15, 0.2) is 53.1 Å². The number of aromatic nitrogens is 2. The van der Waals surface area contributed by atoms with Crippen LogP contribution in [0.1, 0.15) is 11.3 Å². The molecule has 0 radical (unpaired) electrons. The molecule has 0 amide bonds. The summed E-state index contributed by atoms with van der Waals surface area (Å²) >= 11 is 0. The molecule has 96 valence electrons. The van der Waals surface area contributed by atoms with Gasteiger partial charge in [0.25, 0.3) is 0 Å². The number of nitrogens with zero attached hydrogens (tertiary/aromatic N) is 4. The van der Waals surface area contributed by atoms with Crippen molar-refractivity contribution >= 4 is 12.1 Å². The average Bonchev–Trinajstić information content (AvgIpc) is 2.49. The Morgan fingerprint density at radius 3 is 2.68 bits per heavy atom. The number of methoxy groups -OCH3 is 1. The minimum Gasteiger partial charge on any atom is -0.497 e. The number of hydrogen-bond acceptors (Lipinski definition) is 5. The zero-order valence-electron chi connectivity index (χ0n) is 10.4. The summed E-state index contributed by atoms with van der Waals surface area (Å²) in [5.74, 6) is 1.01. The zero-order valence-corrected chi connectivity index (χ0v) is 10.4. The van der Waals surface area contributed by atoms with Gasteiger partial charge in [0, 0.05) is 12.4 Å². The summed E-state index contributed by atoms with van der Waals surface area (Å²) in [5, 5.41) is 7.77. The molecule has 0 unspecified atom stereocenters. The van der Waals surface area contributed by atoms with E-state index in [-0.39, 0.29) is 5.84 Å². The van der Waals surface area contributed by atoms with E-state index in [0.717, 1.165) is 11.3 Å². The minimum atomic E-state index is 0.220. The van der Waals surface area contributed by atoms with E-state index in [9.17, 15) is 0 Å². The topological polar surface area (TPSA) is 85.8 Å². The van der Waals surface area contributed by atoms with Crippen molar-refractivity contribution < 1.29 is 4.74 Å². The number of amidine groups is 1. The molecule has 0 atom stereocenters. The lowest BCUT2D eigenvalue weighted by Crippen LogP contribution is -2.14. The molecule has 0 fully saturated rings. The van der Waals surface area contributed by atoms with E-state index in [1.54, 1.807) is 25.7 Å². The molecule has 6 nitrogen and oxygen atoms in total. The maximum Gasteiger partial charge on any atom is 0.173 e. The third-order valence-electron chi connectivity index (χ3n) is 2.31. The summed E-state index contributed by atoms with van der Waals surface area (Å²) in [4.78, 5) is 7.92. The van der Waals surface area contributed by atoms with Gasteiger partial charge in [0.2, 0.25) is 0 Å². The maximum absolute atomic E-state index is 5.72. The first-order chi connectivity index (χ1) is 9.29. The number of rotatable bonds is 4. The zero-order chi connectivity index (χ0) is 13.5. The highest BCUT2D eigenvalue weighted by atomic mass is 16.5. The van der Waals surface area contributed by atoms with Crippen molar-refractivity contribution in [2.24, 2.45) is 15.9 Å². The van der Waals surface area contributed by atoms with Crippen LogP contribution in [0, 0.1) is 0 Å². The first-order valence-corrected chi connectivity index (χ1v) is 5.56. The van der Waals surface area contributed by atoms with Gasteiger partial charge in [-0.15, -0.1) is 5.10 Å². The molecule has 0 aliphatic heterocycles. The molecule has 0 bridgehead atoms. The van der Waals surface area contributed by atoms with Gasteiger partial charge in [-0.25, -0.2) is 4.98 Å². The second-order valence-electron chi connectivity index (χ2n) is 3.59. The van der Waals surface area contributed by atoms with Crippen LogP contribution >= 0.6 is 0 Å². The third-order valence-corrected chi connectivity index (χ3v) is 2.31. The second kappa shape index (κ2) is 6.25. The standard InChI is InChI=1S/C13H13N5O/c1-19-11-4-2-10(3-5-11)8-17-18-13(14)12-9-15-6-7-16-12/h2-9H,1H3,(H2,14,18)/b17-8+. The number of ether oxygens (including phenoxy) is 1. The van der Waals surface area contributed by atoms with Gasteiger partial charge in [0.05, 0.1) is 19.5 Å². The first kappa shape index (κ1) is 12.7. The van der Waals surface area contributed by atoms with Crippen molar-refractivity contribution in [2.75, 3.05) is 7.11 Å². The molecular weight excluding hydrogens is 242 g/mol. The van der Waals surface area contributed by atoms with Gasteiger partial charge in [-0.2, -0.15) is 5.10 Å². The van der Waals surface area contributed by atoms with Gasteiger partial charge < -0.3 is 10.5 Å². The van der Waals surface area contributed by atoms with Gasteiger partial charge in [0.15, 0.2) is 5.84 Å². The molecule has 6 heteroatoms. The van der Waals surface area contributed by atoms with Crippen LogP contribution in [-0.2, 0) is 0 Å². The third kappa shape index (κ3) is 3.60. The number of hydrogen-bond donors (Lipinski definition) is 1. The molecule has 0 saturated heterocycles. The van der Waals surface area contributed by atoms with Crippen LogP contribution in [0.3, 0.4) is 0 Å². The summed E-state index contributed by atoms with van der Waals surface area (Å²) < 4.78 is 5.06. The SMILES string of the molecule is COc1ccc(/C=N/N=C(\N)c2cnccn2)cc1. The molecule has 19 heavy (non-hydrogen) atoms. The van der Waals surface area contributed by atoms with Crippen molar-refractivity contribution in [3.05, 3.63) is 54.1 Å². The lowest BCUT2D eigenvalue weighted by molar-refractivity contribution is 0.415. The quantitative estimate of drug-likeness (QED) is 0.505. The highest BCUT2D eigenvalue weighted by molar-refractivity contribution is 5.95. The van der Waals surface area contributed by atoms with Crippen molar-refractivity contribution in [1.82, 2.24) is 9.97 Å². The summed E-state index contributed by atoms with van der Waals surface area (Å²) in [6, 6.07) is 7.43. The Labute approximate surface area is 110 Å². The van der Waals surface area contributed by atoms with Crippen LogP contribution in [0.5, 0.6) is 5.75 Å². The van der Waals surface area contributed by atoms with Crippen molar-refractivity contribution in [1.29, 1.82) is 0 Å². The Bertz CT molecular complexity index is 578. The molecule has 2 aromatic rings. The van der Waals surface area contributed by atoms with Crippen molar-refractivity contribution in [2.45, 2.75) is 0 Å². The first-order valence-electron chi connectivity index (χ1n) is 5.56. The van der Waals surface area contributed by atoms with Gasteiger partial charge in [-0.3, -0.25) is 4.98 Å². The highest BCUT2D eigenvalue weighted by Crippen LogP contribution is 2.09. The van der Waals surface area contributed by atoms with E-state index in [4.69, 9.17) is 10.5 Å². The number of nitrogens with two attached hydrogens (primary N) is 1. The molecule has 0 aliphatic carbocycles. The average molecular weight is 255 g/mol. The fourth-order valence-electron chi connectivity index (χ4n) is 1.33. The van der Waals surface area contributed by atoms with Crippen LogP contribution in [0.4, 0.5) is 0 Å². The van der Waals surface area contributed by atoms with Crippen LogP contribution in [0.25, 0.3) is 0 Å². The van der Waals surface area contributed by atoms with E-state index in [0.29, 0.717) is 5.69 Å². The van der Waals surface area contributed by atoms with Crippen LogP contribution in [0.2, 0.25) is 0 Å². The Morgan fingerprint density at radius 2 is 2.05 bits per heavy atom. The van der Waals surface area contributed by atoms with E-state index in [2.05, 4.69) is 20.2 Å². The molecule has 1 aromatic carbocycles. The molecule has 2 N–H and O–H groups in total. The largest absolute Gasteiger partial charge is 0.497 e. The smallest absolute Gasteiger partial charge is 0.173 e. The monoisotopic (exact) mass is 255 g/mol. The summed E-state index contributed by atoms with van der Waals surface area (Å²) in [5.41, 5.74) is 7.11. The van der Waals surface area contributed by atoms with Crippen molar-refractivity contribution in [3.63, 3.8) is 0 Å². The minimum absolute atomic E-state index is 0.220. The Balaban J connectivity index is 2.06. The summed E-state index contributed by atoms with van der Waals surface area (Å²) in [7, 11) is 1.62. The molecule has 0 saturated carbocycles. The summed E-state index contributed by atoms with van der Waals surface area (Å²) in [6.45, 7) is 0. The van der Waals surface area contributed by atoms with Gasteiger partial charge in [-0.05, 0) is 29.8 Å². The normalized spacial score (nSPS) is 11.7. The Morgan fingerprint density at radius 1 is 1.26 bits per heavy atom. The molecule has 0 aliphatic rings. The molecule has 0 spiro atoms. The highest BCUT2D eigenvalue weighted by Gasteiger charge is 1.97. The second-order valence-corrected chi connectivity index (χ2v) is 3.59. The number of benzene rings is 1. The molecule has 1 heterocycles. The van der Waals surface area contributed by atoms with E-state index in [1.165, 1.54) is 6.20 Å². The predicted molar refractivity (Wildman–Crippen MR) is 73.3 cm³/mol. The Hall–Kier alpha value is -2.76. The summed E-state index contributed by atoms with van der Waals surface area (Å²) in [6.07, 6.45) is 6.24.